The summed E-state index contributed by atoms with van der Waals surface area (Å²) in [5, 5.41) is 0. The highest BCUT2D eigenvalue weighted by molar-refractivity contribution is 5.80. The molecule has 1 saturated heterocycles. The molecule has 0 saturated carbocycles. The van der Waals surface area contributed by atoms with Crippen molar-refractivity contribution in [2.24, 2.45) is 11.8 Å². The molecule has 1 rings (SSSR count). The smallest absolute Gasteiger partial charge is 0.434 e. The minimum Gasteiger partial charge on any atom is -0.434 e. The van der Waals surface area contributed by atoms with Crippen LogP contribution in [-0.2, 0) is 14.3 Å². The van der Waals surface area contributed by atoms with Crippen molar-refractivity contribution in [2.45, 2.75) is 20.3 Å². The molecular weight excluding hydrogens is 172 g/mol. The first-order chi connectivity index (χ1) is 6.09. The SMILES string of the molecule is CC(C)C(=O)CC1COC(=O)OC1. The largest absolute Gasteiger partial charge is 0.508 e. The summed E-state index contributed by atoms with van der Waals surface area (Å²) in [5.74, 6) is 0.261. The Morgan fingerprint density at radius 1 is 1.46 bits per heavy atom. The van der Waals surface area contributed by atoms with Crippen molar-refractivity contribution in [3.63, 3.8) is 0 Å². The van der Waals surface area contributed by atoms with Crippen molar-refractivity contribution >= 4 is 11.9 Å². The maximum atomic E-state index is 11.3. The van der Waals surface area contributed by atoms with Crippen LogP contribution in [-0.4, -0.2) is 25.2 Å². The van der Waals surface area contributed by atoms with Gasteiger partial charge in [-0.2, -0.15) is 0 Å². The third kappa shape index (κ3) is 3.05. The van der Waals surface area contributed by atoms with Crippen molar-refractivity contribution in [1.82, 2.24) is 0 Å². The Bertz CT molecular complexity index is 200. The molecule has 1 heterocycles. The highest BCUT2D eigenvalue weighted by atomic mass is 16.7. The summed E-state index contributed by atoms with van der Waals surface area (Å²) in [5.41, 5.74) is 0. The lowest BCUT2D eigenvalue weighted by Gasteiger charge is -2.21. The number of Topliss-reactive ketones (excluding diaryl/α,β-unsaturated/α-hetero) is 1. The quantitative estimate of drug-likeness (QED) is 0.625. The summed E-state index contributed by atoms with van der Waals surface area (Å²) in [6.07, 6.45) is -0.196. The fourth-order valence-electron chi connectivity index (χ4n) is 1.10. The number of carbonyl (C=O) groups excluding carboxylic acids is 2. The normalized spacial score (nSPS) is 18.2. The Kier molecular flexibility index (Phi) is 3.28. The van der Waals surface area contributed by atoms with Gasteiger partial charge in [-0.1, -0.05) is 13.8 Å². The molecular formula is C9H14O4. The zero-order valence-electron chi connectivity index (χ0n) is 7.91. The Morgan fingerprint density at radius 2 is 2.00 bits per heavy atom. The molecule has 0 spiro atoms. The summed E-state index contributed by atoms with van der Waals surface area (Å²) < 4.78 is 9.32. The maximum Gasteiger partial charge on any atom is 0.508 e. The van der Waals surface area contributed by atoms with E-state index in [9.17, 15) is 9.59 Å². The van der Waals surface area contributed by atoms with Gasteiger partial charge in [0.05, 0.1) is 0 Å². The number of hydrogen-bond donors (Lipinski definition) is 0. The van der Waals surface area contributed by atoms with E-state index >= 15 is 0 Å². The topological polar surface area (TPSA) is 52.6 Å². The highest BCUT2D eigenvalue weighted by Crippen LogP contribution is 2.14. The molecule has 0 bridgehead atoms. The van der Waals surface area contributed by atoms with Crippen LogP contribution in [0.15, 0.2) is 0 Å². The van der Waals surface area contributed by atoms with Gasteiger partial charge in [0.25, 0.3) is 0 Å². The van der Waals surface area contributed by atoms with Crippen molar-refractivity contribution < 1.29 is 19.1 Å². The third-order valence-electron chi connectivity index (χ3n) is 2.01. The molecule has 74 valence electrons. The number of carbonyl (C=O) groups is 2. The molecule has 0 aromatic rings. The van der Waals surface area contributed by atoms with Gasteiger partial charge in [-0.3, -0.25) is 4.79 Å². The fourth-order valence-corrected chi connectivity index (χ4v) is 1.10. The van der Waals surface area contributed by atoms with Crippen molar-refractivity contribution in [3.05, 3.63) is 0 Å². The standard InChI is InChI=1S/C9H14O4/c1-6(2)8(10)3-7-4-12-9(11)13-5-7/h6-7H,3-5H2,1-2H3. The molecule has 0 atom stereocenters. The monoisotopic (exact) mass is 186 g/mol. The van der Waals surface area contributed by atoms with Gasteiger partial charge in [-0.05, 0) is 0 Å². The van der Waals surface area contributed by atoms with E-state index in [0.29, 0.717) is 19.6 Å². The van der Waals surface area contributed by atoms with Crippen LogP contribution in [0.3, 0.4) is 0 Å². The Hall–Kier alpha value is -1.06. The molecule has 0 aliphatic carbocycles. The van der Waals surface area contributed by atoms with Crippen LogP contribution in [0.1, 0.15) is 20.3 Å². The van der Waals surface area contributed by atoms with Crippen molar-refractivity contribution in [2.75, 3.05) is 13.2 Å². The number of cyclic esters (lactones) is 2. The molecule has 0 unspecified atom stereocenters. The lowest BCUT2D eigenvalue weighted by molar-refractivity contribution is -0.124. The van der Waals surface area contributed by atoms with Crippen LogP contribution in [0.25, 0.3) is 0 Å². The maximum absolute atomic E-state index is 11.3. The van der Waals surface area contributed by atoms with E-state index < -0.39 is 6.16 Å². The zero-order valence-corrected chi connectivity index (χ0v) is 7.91. The summed E-state index contributed by atoms with van der Waals surface area (Å²) in [4.78, 5) is 21.8. The molecule has 13 heavy (non-hydrogen) atoms. The molecule has 1 fully saturated rings. The summed E-state index contributed by atoms with van der Waals surface area (Å²) in [6, 6.07) is 0. The van der Waals surface area contributed by atoms with Gasteiger partial charge < -0.3 is 9.47 Å². The average Bonchev–Trinajstić information content (AvgIpc) is 2.08. The number of ether oxygens (including phenoxy) is 2. The average molecular weight is 186 g/mol. The first kappa shape index (κ1) is 10.0. The molecule has 1 aliphatic heterocycles. The zero-order chi connectivity index (χ0) is 9.84. The van der Waals surface area contributed by atoms with Gasteiger partial charge in [-0.15, -0.1) is 0 Å². The van der Waals surface area contributed by atoms with Crippen LogP contribution in [0.4, 0.5) is 4.79 Å². The van der Waals surface area contributed by atoms with E-state index in [0.717, 1.165) is 0 Å². The van der Waals surface area contributed by atoms with E-state index in [4.69, 9.17) is 0 Å². The van der Waals surface area contributed by atoms with Crippen molar-refractivity contribution in [1.29, 1.82) is 0 Å². The highest BCUT2D eigenvalue weighted by Gasteiger charge is 2.24. The van der Waals surface area contributed by atoms with Gasteiger partial charge in [-0.25, -0.2) is 4.79 Å². The van der Waals surface area contributed by atoms with E-state index in [1.165, 1.54) is 0 Å². The molecule has 0 aromatic carbocycles. The Labute approximate surface area is 77.2 Å². The van der Waals surface area contributed by atoms with Crippen LogP contribution < -0.4 is 0 Å². The Balaban J connectivity index is 2.30. The molecule has 0 amide bonds. The molecule has 0 radical (unpaired) electrons. The minimum absolute atomic E-state index is 0.0348. The first-order valence-corrected chi connectivity index (χ1v) is 4.42. The molecule has 0 aromatic heterocycles. The summed E-state index contributed by atoms with van der Waals surface area (Å²) in [6.45, 7) is 4.32. The van der Waals surface area contributed by atoms with E-state index in [1.807, 2.05) is 13.8 Å². The lowest BCUT2D eigenvalue weighted by Crippen LogP contribution is -2.29. The van der Waals surface area contributed by atoms with Crippen molar-refractivity contribution in [3.8, 4) is 0 Å². The van der Waals surface area contributed by atoms with Gasteiger partial charge in [0.15, 0.2) is 0 Å². The van der Waals surface area contributed by atoms with Gasteiger partial charge in [0, 0.05) is 18.3 Å². The number of hydrogen-bond acceptors (Lipinski definition) is 4. The fraction of sp³-hybridized carbons (Fsp3) is 0.778. The third-order valence-corrected chi connectivity index (χ3v) is 2.01. The van der Waals surface area contributed by atoms with E-state index in [1.54, 1.807) is 0 Å². The van der Waals surface area contributed by atoms with Gasteiger partial charge in [0.1, 0.15) is 19.0 Å². The van der Waals surface area contributed by atoms with Crippen LogP contribution in [0.2, 0.25) is 0 Å². The number of rotatable bonds is 3. The van der Waals surface area contributed by atoms with E-state index in [-0.39, 0.29) is 17.6 Å². The summed E-state index contributed by atoms with van der Waals surface area (Å²) >= 11 is 0. The molecule has 4 nitrogen and oxygen atoms in total. The van der Waals surface area contributed by atoms with Crippen LogP contribution in [0.5, 0.6) is 0 Å². The lowest BCUT2D eigenvalue weighted by atomic mass is 9.97. The summed E-state index contributed by atoms with van der Waals surface area (Å²) in [7, 11) is 0. The number of ketones is 1. The molecule has 1 aliphatic rings. The minimum atomic E-state index is -0.631. The van der Waals surface area contributed by atoms with Crippen LogP contribution >= 0.6 is 0 Å². The van der Waals surface area contributed by atoms with E-state index in [2.05, 4.69) is 9.47 Å². The molecule has 0 N–H and O–H groups in total. The van der Waals surface area contributed by atoms with Gasteiger partial charge >= 0.3 is 6.16 Å². The first-order valence-electron chi connectivity index (χ1n) is 4.42. The predicted octanol–water partition coefficient (Wildman–Crippen LogP) is 1.38. The predicted molar refractivity (Wildman–Crippen MR) is 45.3 cm³/mol. The second-order valence-electron chi connectivity index (χ2n) is 3.56. The molecule has 4 heteroatoms. The van der Waals surface area contributed by atoms with Gasteiger partial charge in [0.2, 0.25) is 0 Å². The van der Waals surface area contributed by atoms with Crippen LogP contribution in [0, 0.1) is 11.8 Å². The second kappa shape index (κ2) is 4.25. The second-order valence-corrected chi connectivity index (χ2v) is 3.56. The Morgan fingerprint density at radius 3 is 2.46 bits per heavy atom.